The van der Waals surface area contributed by atoms with Crippen LogP contribution in [0.3, 0.4) is 0 Å². The number of hydrogen-bond acceptors (Lipinski definition) is 5. The van der Waals surface area contributed by atoms with Gasteiger partial charge >= 0.3 is 5.97 Å². The van der Waals surface area contributed by atoms with Crippen molar-refractivity contribution in [2.45, 2.75) is 117 Å². The molecule has 5 heteroatoms. The largest absolute Gasteiger partial charge is 0.458 e. The van der Waals surface area contributed by atoms with E-state index in [0.29, 0.717) is 60.2 Å². The zero-order chi connectivity index (χ0) is 29.0. The Morgan fingerprint density at radius 2 is 1.66 bits per heavy atom. The van der Waals surface area contributed by atoms with E-state index in [1.807, 2.05) is 30.3 Å². The maximum Gasteiger partial charge on any atom is 0.338 e. The van der Waals surface area contributed by atoms with Crippen LogP contribution >= 0.6 is 0 Å². The number of aliphatic hydroxyl groups is 1. The first-order valence-electron chi connectivity index (χ1n) is 16.8. The predicted octanol–water partition coefficient (Wildman–Crippen LogP) is 7.66. The molecule has 4 aliphatic carbocycles. The SMILES string of the molecule is CC(C)[C@H](O)CC[C@@H](C)[C@H]1CCC2C3C(CC[C@@]21C)[C@@]1(C)CCC2(C[C@@H]1C[C@H]3OC(=O)c1ccccc1)OCCO2. The predicted molar refractivity (Wildman–Crippen MR) is 160 cm³/mol. The average Bonchev–Trinajstić information content (AvgIpc) is 3.56. The van der Waals surface area contributed by atoms with Gasteiger partial charge < -0.3 is 19.3 Å². The Morgan fingerprint density at radius 3 is 2.37 bits per heavy atom. The van der Waals surface area contributed by atoms with Crippen molar-refractivity contribution in [1.82, 2.24) is 0 Å². The second-order valence-corrected chi connectivity index (χ2v) is 15.4. The molecule has 1 heterocycles. The van der Waals surface area contributed by atoms with Crippen LogP contribution in [-0.4, -0.2) is 42.3 Å². The van der Waals surface area contributed by atoms with Gasteiger partial charge in [-0.1, -0.05) is 52.8 Å². The molecule has 1 aromatic carbocycles. The Hall–Kier alpha value is -1.43. The van der Waals surface area contributed by atoms with Gasteiger partial charge in [-0.25, -0.2) is 4.79 Å². The topological polar surface area (TPSA) is 65.0 Å². The molecule has 1 N–H and O–H groups in total. The minimum absolute atomic E-state index is 0.0659. The van der Waals surface area contributed by atoms with E-state index in [2.05, 4.69) is 34.6 Å². The van der Waals surface area contributed by atoms with E-state index in [4.69, 9.17) is 14.2 Å². The minimum Gasteiger partial charge on any atom is -0.458 e. The maximum atomic E-state index is 13.5. The summed E-state index contributed by atoms with van der Waals surface area (Å²) in [7, 11) is 0. The van der Waals surface area contributed by atoms with Crippen LogP contribution in [-0.2, 0) is 14.2 Å². The van der Waals surface area contributed by atoms with E-state index in [1.54, 1.807) is 0 Å². The van der Waals surface area contributed by atoms with Crippen molar-refractivity contribution in [3.8, 4) is 0 Å². The number of esters is 1. The fourth-order valence-electron chi connectivity index (χ4n) is 10.7. The van der Waals surface area contributed by atoms with Crippen molar-refractivity contribution in [3.63, 3.8) is 0 Å². The average molecular weight is 567 g/mol. The number of hydrogen-bond donors (Lipinski definition) is 1. The summed E-state index contributed by atoms with van der Waals surface area (Å²) in [5.41, 5.74) is 1.14. The van der Waals surface area contributed by atoms with Crippen LogP contribution in [0.2, 0.25) is 0 Å². The molecule has 41 heavy (non-hydrogen) atoms. The van der Waals surface area contributed by atoms with Crippen molar-refractivity contribution >= 4 is 5.97 Å². The molecule has 1 saturated heterocycles. The number of fused-ring (bicyclic) bond motifs is 5. The van der Waals surface area contributed by atoms with Crippen molar-refractivity contribution < 1.29 is 24.1 Å². The van der Waals surface area contributed by atoms with Gasteiger partial charge in [-0.05, 0) is 110 Å². The highest BCUT2D eigenvalue weighted by Gasteiger charge is 2.65. The summed E-state index contributed by atoms with van der Waals surface area (Å²) in [4.78, 5) is 13.5. The Bertz CT molecular complexity index is 1060. The molecular weight excluding hydrogens is 512 g/mol. The second-order valence-electron chi connectivity index (χ2n) is 15.4. The molecule has 5 aliphatic rings. The molecule has 5 fully saturated rings. The molecule has 0 aromatic heterocycles. The van der Waals surface area contributed by atoms with Crippen LogP contribution in [0.25, 0.3) is 0 Å². The van der Waals surface area contributed by atoms with Gasteiger partial charge in [0, 0.05) is 18.8 Å². The fraction of sp³-hybridized carbons (Fsp3) is 0.806. The summed E-state index contributed by atoms with van der Waals surface area (Å²) >= 11 is 0. The van der Waals surface area contributed by atoms with Crippen molar-refractivity contribution in [2.75, 3.05) is 13.2 Å². The summed E-state index contributed by atoms with van der Waals surface area (Å²) in [6.07, 6.45) is 10.6. The van der Waals surface area contributed by atoms with E-state index in [0.717, 1.165) is 38.5 Å². The van der Waals surface area contributed by atoms with Gasteiger partial charge in [0.2, 0.25) is 0 Å². The number of carbonyl (C=O) groups is 1. The third-order valence-corrected chi connectivity index (χ3v) is 13.2. The normalized spacial score (nSPS) is 41.0. The van der Waals surface area contributed by atoms with Crippen molar-refractivity contribution in [2.24, 2.45) is 52.3 Å². The number of ether oxygens (including phenoxy) is 3. The first kappa shape index (κ1) is 29.6. The minimum atomic E-state index is -0.428. The molecule has 1 aromatic rings. The van der Waals surface area contributed by atoms with E-state index in [-0.39, 0.29) is 29.0 Å². The third kappa shape index (κ3) is 5.20. The van der Waals surface area contributed by atoms with Gasteiger partial charge in [0.1, 0.15) is 6.10 Å². The number of carbonyl (C=O) groups excluding carboxylic acids is 1. The summed E-state index contributed by atoms with van der Waals surface area (Å²) in [6.45, 7) is 13.2. The first-order valence-corrected chi connectivity index (χ1v) is 16.8. The highest BCUT2D eigenvalue weighted by Crippen LogP contribution is 2.69. The van der Waals surface area contributed by atoms with Crippen LogP contribution in [0.4, 0.5) is 0 Å². The lowest BCUT2D eigenvalue weighted by molar-refractivity contribution is -0.242. The lowest BCUT2D eigenvalue weighted by Crippen LogP contribution is -2.60. The smallest absolute Gasteiger partial charge is 0.338 e. The van der Waals surface area contributed by atoms with Crippen LogP contribution in [0.15, 0.2) is 30.3 Å². The standard InChI is InChI=1S/C36H54O5/c1-23(2)30(37)14-11-24(3)27-12-13-28-32-29(15-16-35(27,28)5)34(4)17-18-36(39-19-20-40-36)22-26(34)21-31(32)41-33(38)25-9-7-6-8-10-25/h6-10,23-24,26-32,37H,11-22H2,1-5H3/t24-,26+,27-,28?,29?,30-,31-,32?,34+,35-/m1/s1. The monoisotopic (exact) mass is 566 g/mol. The molecule has 1 aliphatic heterocycles. The molecule has 4 saturated carbocycles. The summed E-state index contributed by atoms with van der Waals surface area (Å²) < 4.78 is 19.1. The summed E-state index contributed by atoms with van der Waals surface area (Å²) in [5, 5.41) is 10.5. The molecule has 6 rings (SSSR count). The molecule has 5 nitrogen and oxygen atoms in total. The van der Waals surface area contributed by atoms with Gasteiger partial charge in [0.15, 0.2) is 5.79 Å². The van der Waals surface area contributed by atoms with Gasteiger partial charge in [0.05, 0.1) is 24.9 Å². The summed E-state index contributed by atoms with van der Waals surface area (Å²) in [5.74, 6) is 2.95. The first-order chi connectivity index (χ1) is 19.6. The molecule has 10 atom stereocenters. The fourth-order valence-corrected chi connectivity index (χ4v) is 10.7. The highest BCUT2D eigenvalue weighted by atomic mass is 16.7. The number of rotatable bonds is 7. The van der Waals surface area contributed by atoms with E-state index < -0.39 is 5.79 Å². The number of aliphatic hydroxyl groups excluding tert-OH is 1. The van der Waals surface area contributed by atoms with Gasteiger partial charge in [-0.3, -0.25) is 0 Å². The Labute approximate surface area is 248 Å². The van der Waals surface area contributed by atoms with E-state index in [1.165, 1.54) is 25.7 Å². The van der Waals surface area contributed by atoms with Crippen LogP contribution in [0, 0.1) is 52.3 Å². The molecular formula is C36H54O5. The lowest BCUT2D eigenvalue weighted by Gasteiger charge is -2.63. The van der Waals surface area contributed by atoms with Crippen LogP contribution in [0.5, 0.6) is 0 Å². The van der Waals surface area contributed by atoms with Crippen LogP contribution < -0.4 is 0 Å². The van der Waals surface area contributed by atoms with E-state index in [9.17, 15) is 9.90 Å². The second kappa shape index (κ2) is 11.2. The number of benzene rings is 1. The van der Waals surface area contributed by atoms with Crippen molar-refractivity contribution in [1.29, 1.82) is 0 Å². The maximum absolute atomic E-state index is 13.5. The Balaban J connectivity index is 1.27. The molecule has 0 bridgehead atoms. The summed E-state index contributed by atoms with van der Waals surface area (Å²) in [6, 6.07) is 9.56. The third-order valence-electron chi connectivity index (χ3n) is 13.2. The highest BCUT2D eigenvalue weighted by molar-refractivity contribution is 5.89. The molecule has 1 spiro atoms. The van der Waals surface area contributed by atoms with Crippen LogP contribution in [0.1, 0.15) is 109 Å². The Kier molecular flexibility index (Phi) is 8.13. The van der Waals surface area contributed by atoms with E-state index >= 15 is 0 Å². The van der Waals surface area contributed by atoms with Gasteiger partial charge in [-0.2, -0.15) is 0 Å². The Morgan fingerprint density at radius 1 is 0.951 bits per heavy atom. The molecule has 3 unspecified atom stereocenters. The molecule has 228 valence electrons. The van der Waals surface area contributed by atoms with Gasteiger partial charge in [0.25, 0.3) is 0 Å². The van der Waals surface area contributed by atoms with Gasteiger partial charge in [-0.15, -0.1) is 0 Å². The lowest BCUT2D eigenvalue weighted by atomic mass is 9.43. The zero-order valence-electron chi connectivity index (χ0n) is 26.1. The zero-order valence-corrected chi connectivity index (χ0v) is 26.1. The molecule has 0 radical (unpaired) electrons. The molecule has 0 amide bonds. The quantitative estimate of drug-likeness (QED) is 0.343. The van der Waals surface area contributed by atoms with Crippen molar-refractivity contribution in [3.05, 3.63) is 35.9 Å².